The van der Waals surface area contributed by atoms with Gasteiger partial charge in [0.2, 0.25) is 0 Å². The first-order valence-corrected chi connectivity index (χ1v) is 8.83. The van der Waals surface area contributed by atoms with Crippen LogP contribution in [-0.4, -0.2) is 27.6 Å². The molecule has 0 saturated carbocycles. The predicted molar refractivity (Wildman–Crippen MR) is 93.3 cm³/mol. The number of hydrogen-bond acceptors (Lipinski definition) is 6. The molecule has 2 aliphatic rings. The Hall–Kier alpha value is -1.31. The molecule has 0 radical (unpaired) electrons. The lowest BCUT2D eigenvalue weighted by Crippen LogP contribution is -2.21. The average molecular weight is 351 g/mol. The summed E-state index contributed by atoms with van der Waals surface area (Å²) in [4.78, 5) is 27.3. The van der Waals surface area contributed by atoms with Crippen LogP contribution in [0.15, 0.2) is 39.1 Å². The number of carbonyl (C=O) groups excluding carboxylic acids is 1. The SMILES string of the molecule is CCN1/C(=C2\SC(=S)C(CC(=O)O)C2=O)Sc2ccccc21. The molecule has 1 atom stereocenters. The molecule has 2 heterocycles. The molecule has 1 aromatic rings. The number of ketones is 1. The maximum atomic E-state index is 12.6. The van der Waals surface area contributed by atoms with Crippen LogP contribution in [0.3, 0.4) is 0 Å². The highest BCUT2D eigenvalue weighted by Gasteiger charge is 2.41. The van der Waals surface area contributed by atoms with Crippen molar-refractivity contribution in [3.63, 3.8) is 0 Å². The van der Waals surface area contributed by atoms with Crippen molar-refractivity contribution in [1.82, 2.24) is 0 Å². The molecule has 7 heteroatoms. The zero-order chi connectivity index (χ0) is 15.9. The van der Waals surface area contributed by atoms with Gasteiger partial charge in [-0.3, -0.25) is 9.59 Å². The van der Waals surface area contributed by atoms with Gasteiger partial charge in [-0.2, -0.15) is 0 Å². The highest BCUT2D eigenvalue weighted by Crippen LogP contribution is 2.51. The smallest absolute Gasteiger partial charge is 0.304 e. The fourth-order valence-corrected chi connectivity index (χ4v) is 5.34. The molecule has 0 amide bonds. The standard InChI is InChI=1S/C15H13NO3S3/c1-2-16-9-5-3-4-6-10(9)21-14(16)13-12(19)8(7-11(17)18)15(20)22-13/h3-6,8H,2,7H2,1H3,(H,17,18)/b14-13+. The molecule has 0 aliphatic carbocycles. The van der Waals surface area contributed by atoms with Gasteiger partial charge in [-0.25, -0.2) is 0 Å². The fourth-order valence-electron chi connectivity index (χ4n) is 2.50. The Morgan fingerprint density at radius 2 is 2.09 bits per heavy atom. The lowest BCUT2D eigenvalue weighted by atomic mass is 10.0. The van der Waals surface area contributed by atoms with E-state index in [1.54, 1.807) is 11.8 Å². The van der Waals surface area contributed by atoms with Crippen LogP contribution < -0.4 is 4.90 Å². The molecule has 1 unspecified atom stereocenters. The largest absolute Gasteiger partial charge is 0.481 e. The summed E-state index contributed by atoms with van der Waals surface area (Å²) in [5.74, 6) is -1.85. The minimum absolute atomic E-state index is 0.161. The number of nitrogens with zero attached hydrogens (tertiary/aromatic N) is 1. The van der Waals surface area contributed by atoms with Crippen LogP contribution in [0.1, 0.15) is 13.3 Å². The second-order valence-corrected chi connectivity index (χ2v) is 7.67. The van der Waals surface area contributed by atoms with Crippen molar-refractivity contribution < 1.29 is 14.7 Å². The molecule has 3 rings (SSSR count). The summed E-state index contributed by atoms with van der Waals surface area (Å²) in [7, 11) is 0. The fraction of sp³-hybridized carbons (Fsp3) is 0.267. The highest BCUT2D eigenvalue weighted by molar-refractivity contribution is 8.27. The van der Waals surface area contributed by atoms with E-state index in [-0.39, 0.29) is 12.2 Å². The number of para-hydroxylation sites is 1. The summed E-state index contributed by atoms with van der Waals surface area (Å²) in [6.45, 7) is 2.77. The molecule has 0 spiro atoms. The topological polar surface area (TPSA) is 57.6 Å². The normalized spacial score (nSPS) is 24.0. The third-order valence-electron chi connectivity index (χ3n) is 3.52. The van der Waals surface area contributed by atoms with Crippen molar-refractivity contribution in [2.45, 2.75) is 18.2 Å². The van der Waals surface area contributed by atoms with E-state index in [0.717, 1.165) is 22.2 Å². The predicted octanol–water partition coefficient (Wildman–Crippen LogP) is 3.52. The third-order valence-corrected chi connectivity index (χ3v) is 6.46. The van der Waals surface area contributed by atoms with Gasteiger partial charge in [0.25, 0.3) is 0 Å². The number of carbonyl (C=O) groups is 2. The van der Waals surface area contributed by atoms with Crippen molar-refractivity contribution in [1.29, 1.82) is 0 Å². The molecule has 0 bridgehead atoms. The number of rotatable bonds is 3. The van der Waals surface area contributed by atoms with E-state index in [2.05, 4.69) is 4.90 Å². The van der Waals surface area contributed by atoms with Gasteiger partial charge in [-0.15, -0.1) is 0 Å². The van der Waals surface area contributed by atoms with Gasteiger partial charge in [0.1, 0.15) is 0 Å². The molecule has 114 valence electrons. The molecule has 0 aromatic heterocycles. The minimum atomic E-state index is -0.998. The van der Waals surface area contributed by atoms with E-state index >= 15 is 0 Å². The second-order valence-electron chi connectivity index (χ2n) is 4.88. The molecular formula is C15H13NO3S3. The number of thiocarbonyl (C=S) groups is 1. The Morgan fingerprint density at radius 3 is 2.77 bits per heavy atom. The summed E-state index contributed by atoms with van der Waals surface area (Å²) in [5.41, 5.74) is 1.08. The Bertz CT molecular complexity index is 714. The van der Waals surface area contributed by atoms with Crippen LogP contribution in [0.2, 0.25) is 0 Å². The van der Waals surface area contributed by atoms with E-state index in [4.69, 9.17) is 17.3 Å². The number of carboxylic acid groups (broad SMARTS) is 1. The first-order valence-electron chi connectivity index (χ1n) is 6.79. The van der Waals surface area contributed by atoms with Crippen molar-refractivity contribution in [3.8, 4) is 0 Å². The average Bonchev–Trinajstić information content (AvgIpc) is 2.98. The van der Waals surface area contributed by atoms with Crippen LogP contribution in [0.5, 0.6) is 0 Å². The summed E-state index contributed by atoms with van der Waals surface area (Å²) in [5, 5.41) is 9.82. The van der Waals surface area contributed by atoms with Crippen molar-refractivity contribution in [2.24, 2.45) is 5.92 Å². The molecule has 22 heavy (non-hydrogen) atoms. The van der Waals surface area contributed by atoms with Crippen LogP contribution in [0.25, 0.3) is 0 Å². The summed E-state index contributed by atoms with van der Waals surface area (Å²) >= 11 is 8.02. The quantitative estimate of drug-likeness (QED) is 0.660. The molecule has 2 aliphatic heterocycles. The molecule has 1 saturated heterocycles. The first kappa shape index (κ1) is 15.6. The molecule has 1 aromatic carbocycles. The van der Waals surface area contributed by atoms with E-state index < -0.39 is 11.9 Å². The maximum Gasteiger partial charge on any atom is 0.304 e. The Balaban J connectivity index is 2.00. The number of Topliss-reactive ketones (excluding diaryl/α,β-unsaturated/α-hetero) is 1. The number of fused-ring (bicyclic) bond motifs is 1. The van der Waals surface area contributed by atoms with E-state index in [1.165, 1.54) is 11.8 Å². The van der Waals surface area contributed by atoms with Gasteiger partial charge in [0.15, 0.2) is 5.78 Å². The number of thioether (sulfide) groups is 2. The summed E-state index contributed by atoms with van der Waals surface area (Å²) in [6, 6.07) is 7.98. The van der Waals surface area contributed by atoms with Gasteiger partial charge >= 0.3 is 5.97 Å². The Kier molecular flexibility index (Phi) is 4.29. The number of anilines is 1. The van der Waals surface area contributed by atoms with Gasteiger partial charge in [-0.05, 0) is 19.1 Å². The van der Waals surface area contributed by atoms with Gasteiger partial charge in [0, 0.05) is 11.4 Å². The number of benzene rings is 1. The molecule has 1 N–H and O–H groups in total. The highest BCUT2D eigenvalue weighted by atomic mass is 32.2. The van der Waals surface area contributed by atoms with Crippen molar-refractivity contribution in [2.75, 3.05) is 11.4 Å². The van der Waals surface area contributed by atoms with Gasteiger partial charge in [-0.1, -0.05) is 47.9 Å². The number of hydrogen-bond donors (Lipinski definition) is 1. The maximum absolute atomic E-state index is 12.6. The zero-order valence-corrected chi connectivity index (χ0v) is 14.2. The number of carboxylic acids is 1. The number of aliphatic carboxylic acids is 1. The summed E-state index contributed by atoms with van der Waals surface area (Å²) < 4.78 is 0.461. The second kappa shape index (κ2) is 6.06. The van der Waals surface area contributed by atoms with E-state index in [0.29, 0.717) is 9.10 Å². The Labute approximate surface area is 141 Å². The van der Waals surface area contributed by atoms with Gasteiger partial charge in [0.05, 0.1) is 32.2 Å². The molecule has 1 fully saturated rings. The van der Waals surface area contributed by atoms with Gasteiger partial charge < -0.3 is 10.0 Å². The van der Waals surface area contributed by atoms with Crippen LogP contribution in [0, 0.1) is 5.92 Å². The zero-order valence-electron chi connectivity index (χ0n) is 11.7. The van der Waals surface area contributed by atoms with Crippen LogP contribution >= 0.6 is 35.7 Å². The third kappa shape index (κ3) is 2.57. The van der Waals surface area contributed by atoms with Crippen molar-refractivity contribution in [3.05, 3.63) is 34.2 Å². The van der Waals surface area contributed by atoms with Crippen molar-refractivity contribution >= 4 is 57.4 Å². The van der Waals surface area contributed by atoms with E-state index in [9.17, 15) is 9.59 Å². The first-order chi connectivity index (χ1) is 10.5. The summed E-state index contributed by atoms with van der Waals surface area (Å²) in [6.07, 6.45) is -0.231. The van der Waals surface area contributed by atoms with E-state index in [1.807, 2.05) is 31.2 Å². The molecule has 4 nitrogen and oxygen atoms in total. The molecular weight excluding hydrogens is 338 g/mol. The lowest BCUT2D eigenvalue weighted by Gasteiger charge is -2.19. The monoisotopic (exact) mass is 351 g/mol. The van der Waals surface area contributed by atoms with Crippen LogP contribution in [-0.2, 0) is 9.59 Å². The lowest BCUT2D eigenvalue weighted by molar-refractivity contribution is -0.139. The number of allylic oxidation sites excluding steroid dienone is 1. The minimum Gasteiger partial charge on any atom is -0.481 e. The van der Waals surface area contributed by atoms with Crippen LogP contribution in [0.4, 0.5) is 5.69 Å². The Morgan fingerprint density at radius 1 is 1.36 bits per heavy atom.